The van der Waals surface area contributed by atoms with E-state index in [4.69, 9.17) is 21.1 Å². The number of rotatable bonds is 7. The number of aryl methyl sites for hydroxylation is 1. The van der Waals surface area contributed by atoms with Crippen LogP contribution in [0.4, 0.5) is 11.4 Å². The maximum atomic E-state index is 12.6. The van der Waals surface area contributed by atoms with Crippen molar-refractivity contribution in [2.45, 2.75) is 6.92 Å². The molecule has 1 amide bonds. The van der Waals surface area contributed by atoms with E-state index in [1.54, 1.807) is 30.3 Å². The van der Waals surface area contributed by atoms with Crippen molar-refractivity contribution in [1.29, 1.82) is 0 Å². The van der Waals surface area contributed by atoms with Crippen LogP contribution in [0.5, 0.6) is 11.5 Å². The Bertz CT molecular complexity index is 947. The Balaban J connectivity index is 2.34. The van der Waals surface area contributed by atoms with Crippen molar-refractivity contribution in [3.8, 4) is 11.5 Å². The number of carbonyl (C=O) groups is 1. The molecule has 0 unspecified atom stereocenters. The van der Waals surface area contributed by atoms with Gasteiger partial charge in [-0.3, -0.25) is 9.10 Å². The minimum absolute atomic E-state index is 0.285. The number of ether oxygens (including phenoxy) is 2. The van der Waals surface area contributed by atoms with Crippen LogP contribution in [0.3, 0.4) is 0 Å². The summed E-state index contributed by atoms with van der Waals surface area (Å²) in [5.74, 6) is 0.204. The van der Waals surface area contributed by atoms with Crippen LogP contribution >= 0.6 is 11.6 Å². The minimum Gasteiger partial charge on any atom is -0.495 e. The number of nitrogens with one attached hydrogen (secondary N) is 1. The van der Waals surface area contributed by atoms with Gasteiger partial charge in [-0.2, -0.15) is 0 Å². The summed E-state index contributed by atoms with van der Waals surface area (Å²) in [7, 11) is -0.850. The lowest BCUT2D eigenvalue weighted by Gasteiger charge is -2.24. The number of nitrogens with zero attached hydrogens (tertiary/aromatic N) is 1. The van der Waals surface area contributed by atoms with Crippen molar-refractivity contribution in [3.63, 3.8) is 0 Å². The Kier molecular flexibility index (Phi) is 6.56. The first-order valence-corrected chi connectivity index (χ1v) is 10.1. The molecule has 2 rings (SSSR count). The van der Waals surface area contributed by atoms with Crippen LogP contribution in [-0.2, 0) is 14.8 Å². The fraction of sp³-hybridized carbons (Fsp3) is 0.278. The SMILES string of the molecule is COc1ccc(Cl)cc1NC(=O)CN(c1cc(C)ccc1OC)S(C)(=O)=O. The highest BCUT2D eigenvalue weighted by Crippen LogP contribution is 2.31. The summed E-state index contributed by atoms with van der Waals surface area (Å²) >= 11 is 5.96. The molecule has 2 aromatic carbocycles. The van der Waals surface area contributed by atoms with Crippen LogP contribution in [0, 0.1) is 6.92 Å². The number of anilines is 2. The van der Waals surface area contributed by atoms with E-state index < -0.39 is 22.5 Å². The molecule has 0 aliphatic rings. The molecule has 146 valence electrons. The molecule has 1 N–H and O–H groups in total. The molecule has 0 bridgehead atoms. The topological polar surface area (TPSA) is 84.9 Å². The predicted molar refractivity (Wildman–Crippen MR) is 107 cm³/mol. The molecule has 7 nitrogen and oxygen atoms in total. The molecule has 27 heavy (non-hydrogen) atoms. The molecule has 0 saturated carbocycles. The summed E-state index contributed by atoms with van der Waals surface area (Å²) in [6, 6.07) is 9.84. The Morgan fingerprint density at radius 2 is 1.74 bits per heavy atom. The van der Waals surface area contributed by atoms with Crippen LogP contribution in [-0.4, -0.2) is 41.3 Å². The number of hydrogen-bond acceptors (Lipinski definition) is 5. The normalized spacial score (nSPS) is 11.0. The first kappa shape index (κ1) is 20.9. The van der Waals surface area contributed by atoms with Crippen molar-refractivity contribution in [3.05, 3.63) is 47.0 Å². The van der Waals surface area contributed by atoms with Gasteiger partial charge in [0.2, 0.25) is 15.9 Å². The van der Waals surface area contributed by atoms with Crippen molar-refractivity contribution >= 4 is 38.9 Å². The van der Waals surface area contributed by atoms with E-state index in [2.05, 4.69) is 5.32 Å². The smallest absolute Gasteiger partial charge is 0.245 e. The molecule has 0 atom stereocenters. The number of amides is 1. The lowest BCUT2D eigenvalue weighted by molar-refractivity contribution is -0.114. The maximum absolute atomic E-state index is 12.6. The second kappa shape index (κ2) is 8.49. The third-order valence-corrected chi connectivity index (χ3v) is 5.09. The zero-order valence-electron chi connectivity index (χ0n) is 15.4. The molecular formula is C18H21ClN2O5S. The summed E-state index contributed by atoms with van der Waals surface area (Å²) in [6.45, 7) is 1.38. The Morgan fingerprint density at radius 3 is 2.33 bits per heavy atom. The van der Waals surface area contributed by atoms with E-state index in [0.29, 0.717) is 22.2 Å². The molecule has 0 fully saturated rings. The van der Waals surface area contributed by atoms with Crippen LogP contribution < -0.4 is 19.1 Å². The molecule has 0 aromatic heterocycles. The van der Waals surface area contributed by atoms with Gasteiger partial charge in [-0.15, -0.1) is 0 Å². The second-order valence-electron chi connectivity index (χ2n) is 5.84. The van der Waals surface area contributed by atoms with Gasteiger partial charge < -0.3 is 14.8 Å². The first-order valence-electron chi connectivity index (χ1n) is 7.91. The third kappa shape index (κ3) is 5.27. The van der Waals surface area contributed by atoms with Gasteiger partial charge in [-0.25, -0.2) is 8.42 Å². The molecule has 9 heteroatoms. The van der Waals surface area contributed by atoms with Crippen molar-refractivity contribution in [1.82, 2.24) is 0 Å². The fourth-order valence-electron chi connectivity index (χ4n) is 2.47. The highest BCUT2D eigenvalue weighted by molar-refractivity contribution is 7.92. The third-order valence-electron chi connectivity index (χ3n) is 3.73. The van der Waals surface area contributed by atoms with Crippen LogP contribution in [0.15, 0.2) is 36.4 Å². The number of halogens is 1. The minimum atomic E-state index is -3.74. The zero-order chi connectivity index (χ0) is 20.2. The Labute approximate surface area is 163 Å². The predicted octanol–water partition coefficient (Wildman–Crippen LogP) is 3.07. The van der Waals surface area contributed by atoms with Gasteiger partial charge in [0.25, 0.3) is 0 Å². The van der Waals surface area contributed by atoms with Gasteiger partial charge in [0, 0.05) is 5.02 Å². The quantitative estimate of drug-likeness (QED) is 0.755. The highest BCUT2D eigenvalue weighted by Gasteiger charge is 2.24. The van der Waals surface area contributed by atoms with Gasteiger partial charge in [0.1, 0.15) is 18.0 Å². The monoisotopic (exact) mass is 412 g/mol. The first-order chi connectivity index (χ1) is 12.7. The van der Waals surface area contributed by atoms with Crippen LogP contribution in [0.25, 0.3) is 0 Å². The molecule has 0 radical (unpaired) electrons. The van der Waals surface area contributed by atoms with E-state index >= 15 is 0 Å². The molecule has 0 heterocycles. The largest absolute Gasteiger partial charge is 0.495 e. The number of carbonyl (C=O) groups excluding carboxylic acids is 1. The van der Waals surface area contributed by atoms with Gasteiger partial charge >= 0.3 is 0 Å². The lowest BCUT2D eigenvalue weighted by Crippen LogP contribution is -2.37. The van der Waals surface area contributed by atoms with E-state index in [1.165, 1.54) is 20.3 Å². The highest BCUT2D eigenvalue weighted by atomic mass is 35.5. The van der Waals surface area contributed by atoms with E-state index in [9.17, 15) is 13.2 Å². The van der Waals surface area contributed by atoms with E-state index in [-0.39, 0.29) is 5.69 Å². The van der Waals surface area contributed by atoms with Gasteiger partial charge in [0.05, 0.1) is 31.9 Å². The maximum Gasteiger partial charge on any atom is 0.245 e. The van der Waals surface area contributed by atoms with Gasteiger partial charge in [-0.1, -0.05) is 17.7 Å². The molecule has 2 aromatic rings. The van der Waals surface area contributed by atoms with E-state index in [1.807, 2.05) is 6.92 Å². The Morgan fingerprint density at radius 1 is 1.11 bits per heavy atom. The standard InChI is InChI=1S/C18H21ClN2O5S/c1-12-5-7-17(26-3)15(9-12)21(27(4,23)24)11-18(22)20-14-10-13(19)6-8-16(14)25-2/h5-10H,11H2,1-4H3,(H,20,22). The van der Waals surface area contributed by atoms with Crippen molar-refractivity contribution in [2.24, 2.45) is 0 Å². The molecular weight excluding hydrogens is 392 g/mol. The lowest BCUT2D eigenvalue weighted by atomic mass is 10.2. The van der Waals surface area contributed by atoms with Crippen molar-refractivity contribution < 1.29 is 22.7 Å². The summed E-state index contributed by atoms with van der Waals surface area (Å²) < 4.78 is 36.1. The second-order valence-corrected chi connectivity index (χ2v) is 8.18. The Hall–Kier alpha value is -2.45. The number of benzene rings is 2. The molecule has 0 aliphatic carbocycles. The summed E-state index contributed by atoms with van der Waals surface area (Å²) in [4.78, 5) is 12.6. The van der Waals surface area contributed by atoms with Crippen LogP contribution in [0.2, 0.25) is 5.02 Å². The number of hydrogen-bond donors (Lipinski definition) is 1. The summed E-state index contributed by atoms with van der Waals surface area (Å²) in [6.07, 6.45) is 1.03. The average Bonchev–Trinajstić information content (AvgIpc) is 2.59. The summed E-state index contributed by atoms with van der Waals surface area (Å²) in [5.41, 5.74) is 1.46. The zero-order valence-corrected chi connectivity index (χ0v) is 17.0. The molecule has 0 aliphatic heterocycles. The molecule has 0 saturated heterocycles. The van der Waals surface area contributed by atoms with Crippen LogP contribution in [0.1, 0.15) is 5.56 Å². The number of methoxy groups -OCH3 is 2. The fourth-order valence-corrected chi connectivity index (χ4v) is 3.50. The summed E-state index contributed by atoms with van der Waals surface area (Å²) in [5, 5.41) is 3.04. The average molecular weight is 413 g/mol. The van der Waals surface area contributed by atoms with Gasteiger partial charge in [-0.05, 0) is 42.8 Å². The van der Waals surface area contributed by atoms with Gasteiger partial charge in [0.15, 0.2) is 0 Å². The van der Waals surface area contributed by atoms with Crippen molar-refractivity contribution in [2.75, 3.05) is 36.6 Å². The molecule has 0 spiro atoms. The van der Waals surface area contributed by atoms with E-state index in [0.717, 1.165) is 16.1 Å². The number of sulfonamides is 1.